The van der Waals surface area contributed by atoms with Crippen molar-refractivity contribution in [2.45, 2.75) is 13.8 Å². The molecule has 0 fully saturated rings. The molecule has 5 heteroatoms. The minimum Gasteiger partial charge on any atom is -0.497 e. The van der Waals surface area contributed by atoms with E-state index in [1.54, 1.807) is 61.7 Å². The summed E-state index contributed by atoms with van der Waals surface area (Å²) in [4.78, 5) is 25.4. The SMILES string of the molecule is COc1cccc(NC(=O)c2ccccc2NC(=O)c2ccc(C)c(C)c2)c1. The van der Waals surface area contributed by atoms with E-state index in [2.05, 4.69) is 10.6 Å². The maximum absolute atomic E-state index is 12.7. The standard InChI is InChI=1S/C23H22N2O3/c1-15-11-12-17(13-16(15)2)22(26)25-21-10-5-4-9-20(21)23(27)24-18-7-6-8-19(14-18)28-3/h4-14H,1-3H3,(H,24,27)(H,25,26). The van der Waals surface area contributed by atoms with E-state index in [4.69, 9.17) is 4.74 Å². The van der Waals surface area contributed by atoms with Crippen molar-refractivity contribution in [3.05, 3.63) is 89.0 Å². The van der Waals surface area contributed by atoms with Crippen molar-refractivity contribution in [3.63, 3.8) is 0 Å². The molecule has 5 nitrogen and oxygen atoms in total. The van der Waals surface area contributed by atoms with Crippen LogP contribution in [0.25, 0.3) is 0 Å². The second kappa shape index (κ2) is 8.39. The van der Waals surface area contributed by atoms with Crippen LogP contribution in [0.15, 0.2) is 66.7 Å². The topological polar surface area (TPSA) is 67.4 Å². The predicted octanol–water partition coefficient (Wildman–Crippen LogP) is 4.82. The number of ether oxygens (including phenoxy) is 1. The Morgan fingerprint density at radius 1 is 0.786 bits per heavy atom. The molecule has 0 aromatic heterocycles. The predicted molar refractivity (Wildman–Crippen MR) is 111 cm³/mol. The van der Waals surface area contributed by atoms with E-state index in [0.717, 1.165) is 11.1 Å². The highest BCUT2D eigenvalue weighted by Gasteiger charge is 2.15. The van der Waals surface area contributed by atoms with Crippen LogP contribution >= 0.6 is 0 Å². The maximum atomic E-state index is 12.7. The summed E-state index contributed by atoms with van der Waals surface area (Å²) in [6.07, 6.45) is 0. The van der Waals surface area contributed by atoms with Gasteiger partial charge in [0.25, 0.3) is 11.8 Å². The number of anilines is 2. The van der Waals surface area contributed by atoms with Crippen LogP contribution in [0.5, 0.6) is 5.75 Å². The van der Waals surface area contributed by atoms with Crippen LogP contribution < -0.4 is 15.4 Å². The Morgan fingerprint density at radius 3 is 2.32 bits per heavy atom. The lowest BCUT2D eigenvalue weighted by Gasteiger charge is -2.12. The van der Waals surface area contributed by atoms with Gasteiger partial charge in [-0.1, -0.05) is 24.3 Å². The molecule has 2 amide bonds. The van der Waals surface area contributed by atoms with Gasteiger partial charge in [0.1, 0.15) is 5.75 Å². The maximum Gasteiger partial charge on any atom is 0.257 e. The van der Waals surface area contributed by atoms with Gasteiger partial charge in [-0.3, -0.25) is 9.59 Å². The zero-order valence-electron chi connectivity index (χ0n) is 16.1. The molecule has 0 aliphatic heterocycles. The number of methoxy groups -OCH3 is 1. The summed E-state index contributed by atoms with van der Waals surface area (Å²) in [6, 6.07) is 19.5. The fourth-order valence-electron chi connectivity index (χ4n) is 2.77. The summed E-state index contributed by atoms with van der Waals surface area (Å²) in [6.45, 7) is 3.96. The van der Waals surface area contributed by atoms with E-state index in [1.165, 1.54) is 0 Å². The number of amides is 2. The Labute approximate surface area is 164 Å². The van der Waals surface area contributed by atoms with Crippen LogP contribution in [0.2, 0.25) is 0 Å². The first kappa shape index (κ1) is 19.2. The highest BCUT2D eigenvalue weighted by molar-refractivity contribution is 6.12. The van der Waals surface area contributed by atoms with Gasteiger partial charge < -0.3 is 15.4 Å². The number of hydrogen-bond acceptors (Lipinski definition) is 3. The molecule has 3 aromatic rings. The van der Waals surface area contributed by atoms with Gasteiger partial charge in [-0.25, -0.2) is 0 Å². The van der Waals surface area contributed by atoms with Crippen LogP contribution in [-0.2, 0) is 0 Å². The fraction of sp³-hybridized carbons (Fsp3) is 0.130. The lowest BCUT2D eigenvalue weighted by molar-refractivity contribution is 0.102. The second-order valence-electron chi connectivity index (χ2n) is 6.48. The Morgan fingerprint density at radius 2 is 1.57 bits per heavy atom. The van der Waals surface area contributed by atoms with Crippen LogP contribution in [0.3, 0.4) is 0 Å². The molecule has 3 aromatic carbocycles. The molecule has 0 bridgehead atoms. The molecule has 28 heavy (non-hydrogen) atoms. The second-order valence-corrected chi connectivity index (χ2v) is 6.48. The van der Waals surface area contributed by atoms with E-state index < -0.39 is 0 Å². The minimum atomic E-state index is -0.316. The Balaban J connectivity index is 1.81. The summed E-state index contributed by atoms with van der Waals surface area (Å²) in [5.74, 6) is 0.0723. The number of aryl methyl sites for hydroxylation is 2. The molecule has 0 radical (unpaired) electrons. The van der Waals surface area contributed by atoms with Crippen LogP contribution in [0.4, 0.5) is 11.4 Å². The molecular formula is C23H22N2O3. The highest BCUT2D eigenvalue weighted by Crippen LogP contribution is 2.21. The van der Waals surface area contributed by atoms with Gasteiger partial charge in [-0.05, 0) is 61.4 Å². The van der Waals surface area contributed by atoms with Crippen molar-refractivity contribution >= 4 is 23.2 Å². The molecule has 0 heterocycles. The molecule has 3 rings (SSSR count). The Bertz CT molecular complexity index is 1030. The number of benzene rings is 3. The first-order valence-electron chi connectivity index (χ1n) is 8.91. The lowest BCUT2D eigenvalue weighted by Crippen LogP contribution is -2.18. The molecule has 0 aliphatic rings. The van der Waals surface area contributed by atoms with E-state index in [9.17, 15) is 9.59 Å². The molecule has 0 saturated heterocycles. The van der Waals surface area contributed by atoms with E-state index >= 15 is 0 Å². The third-order valence-corrected chi connectivity index (χ3v) is 4.52. The third kappa shape index (κ3) is 4.38. The van der Waals surface area contributed by atoms with Gasteiger partial charge in [0, 0.05) is 17.3 Å². The van der Waals surface area contributed by atoms with Gasteiger partial charge in [-0.15, -0.1) is 0 Å². The number of nitrogens with one attached hydrogen (secondary N) is 2. The molecule has 0 atom stereocenters. The summed E-state index contributed by atoms with van der Waals surface area (Å²) in [5, 5.41) is 5.67. The van der Waals surface area contributed by atoms with Crippen molar-refractivity contribution in [1.29, 1.82) is 0 Å². The van der Waals surface area contributed by atoms with Crippen molar-refractivity contribution < 1.29 is 14.3 Å². The molecule has 0 spiro atoms. The summed E-state index contributed by atoms with van der Waals surface area (Å²) >= 11 is 0. The van der Waals surface area contributed by atoms with Gasteiger partial charge >= 0.3 is 0 Å². The van der Waals surface area contributed by atoms with Gasteiger partial charge in [0.2, 0.25) is 0 Å². The third-order valence-electron chi connectivity index (χ3n) is 4.52. The molecular weight excluding hydrogens is 352 g/mol. The molecule has 142 valence electrons. The van der Waals surface area contributed by atoms with E-state index in [-0.39, 0.29) is 11.8 Å². The highest BCUT2D eigenvalue weighted by atomic mass is 16.5. The zero-order valence-corrected chi connectivity index (χ0v) is 16.1. The molecule has 0 aliphatic carbocycles. The van der Waals surface area contributed by atoms with Gasteiger partial charge in [0.05, 0.1) is 18.4 Å². The van der Waals surface area contributed by atoms with E-state index in [0.29, 0.717) is 28.3 Å². The normalized spacial score (nSPS) is 10.2. The van der Waals surface area contributed by atoms with Crippen LogP contribution in [0, 0.1) is 13.8 Å². The first-order valence-corrected chi connectivity index (χ1v) is 8.91. The van der Waals surface area contributed by atoms with Crippen LogP contribution in [-0.4, -0.2) is 18.9 Å². The summed E-state index contributed by atoms with van der Waals surface area (Å²) < 4.78 is 5.18. The van der Waals surface area contributed by atoms with Gasteiger partial charge in [-0.2, -0.15) is 0 Å². The number of rotatable bonds is 5. The Kier molecular flexibility index (Phi) is 5.75. The zero-order chi connectivity index (χ0) is 20.1. The lowest BCUT2D eigenvalue weighted by atomic mass is 10.1. The van der Waals surface area contributed by atoms with Crippen molar-refractivity contribution in [2.24, 2.45) is 0 Å². The monoisotopic (exact) mass is 374 g/mol. The fourth-order valence-corrected chi connectivity index (χ4v) is 2.77. The van der Waals surface area contributed by atoms with E-state index in [1.807, 2.05) is 26.0 Å². The number of carbonyl (C=O) groups excluding carboxylic acids is 2. The van der Waals surface area contributed by atoms with Crippen molar-refractivity contribution in [3.8, 4) is 5.75 Å². The van der Waals surface area contributed by atoms with Crippen molar-refractivity contribution in [2.75, 3.05) is 17.7 Å². The van der Waals surface area contributed by atoms with Gasteiger partial charge in [0.15, 0.2) is 0 Å². The van der Waals surface area contributed by atoms with Crippen molar-refractivity contribution in [1.82, 2.24) is 0 Å². The molecule has 0 saturated carbocycles. The molecule has 0 unspecified atom stereocenters. The largest absolute Gasteiger partial charge is 0.497 e. The average Bonchev–Trinajstić information content (AvgIpc) is 2.70. The Hall–Kier alpha value is -3.60. The summed E-state index contributed by atoms with van der Waals surface area (Å²) in [7, 11) is 1.57. The quantitative estimate of drug-likeness (QED) is 0.673. The minimum absolute atomic E-state index is 0.260. The first-order chi connectivity index (χ1) is 13.5. The number of hydrogen-bond donors (Lipinski definition) is 2. The number of carbonyl (C=O) groups is 2. The van der Waals surface area contributed by atoms with Crippen LogP contribution in [0.1, 0.15) is 31.8 Å². The number of para-hydroxylation sites is 1. The summed E-state index contributed by atoms with van der Waals surface area (Å²) in [5.41, 5.74) is 4.14. The average molecular weight is 374 g/mol. The molecule has 2 N–H and O–H groups in total. The smallest absolute Gasteiger partial charge is 0.257 e.